The molecule has 2 aromatic rings. The van der Waals surface area contributed by atoms with Crippen LogP contribution in [0.15, 0.2) is 22.7 Å². The highest BCUT2D eigenvalue weighted by atomic mass is 35.5. The quantitative estimate of drug-likeness (QED) is 0.820. The molecule has 78 valence electrons. The maximum absolute atomic E-state index is 13.3. The first-order valence-corrected chi connectivity index (χ1v) is 4.34. The molecule has 2 N–H and O–H groups in total. The third kappa shape index (κ3) is 1.55. The zero-order valence-corrected chi connectivity index (χ0v) is 8.05. The molecule has 0 saturated heterocycles. The van der Waals surface area contributed by atoms with Crippen molar-refractivity contribution >= 4 is 17.4 Å². The molecule has 3 nitrogen and oxygen atoms in total. The van der Waals surface area contributed by atoms with E-state index in [0.717, 1.165) is 12.1 Å². The molecule has 1 heterocycles. The first-order chi connectivity index (χ1) is 7.11. The molecule has 0 spiro atoms. The minimum atomic E-state index is -0.784. The highest BCUT2D eigenvalue weighted by molar-refractivity contribution is 6.35. The molecule has 6 heteroatoms. The molecule has 0 aliphatic rings. The minimum Gasteiger partial charge on any atom is -0.380 e. The monoisotopic (exact) mass is 230 g/mol. The summed E-state index contributed by atoms with van der Waals surface area (Å²) in [6.45, 7) is 0. The maximum atomic E-state index is 13.3. The molecule has 0 saturated carbocycles. The van der Waals surface area contributed by atoms with Crippen LogP contribution in [-0.2, 0) is 0 Å². The standard InChI is InChI=1S/C9H5ClF2N2O/c10-7-8(15-14-9(7)13)6-4(11)2-1-3-5(6)12/h1-3H,(H2,13,14). The zero-order chi connectivity index (χ0) is 11.0. The number of nitrogens with two attached hydrogens (primary N) is 1. The largest absolute Gasteiger partial charge is 0.380 e. The van der Waals surface area contributed by atoms with Gasteiger partial charge in [-0.2, -0.15) is 0 Å². The van der Waals surface area contributed by atoms with Gasteiger partial charge >= 0.3 is 0 Å². The van der Waals surface area contributed by atoms with Gasteiger partial charge in [0.05, 0.1) is 5.56 Å². The molecule has 0 aliphatic carbocycles. The molecule has 1 aromatic carbocycles. The Balaban J connectivity index is 2.69. The van der Waals surface area contributed by atoms with Crippen LogP contribution in [0.25, 0.3) is 11.3 Å². The first-order valence-electron chi connectivity index (χ1n) is 3.96. The zero-order valence-electron chi connectivity index (χ0n) is 7.30. The van der Waals surface area contributed by atoms with Gasteiger partial charge in [-0.15, -0.1) is 0 Å². The molecule has 1 aromatic heterocycles. The second-order valence-corrected chi connectivity index (χ2v) is 3.19. The van der Waals surface area contributed by atoms with Gasteiger partial charge in [-0.25, -0.2) is 8.78 Å². The Hall–Kier alpha value is -1.62. The lowest BCUT2D eigenvalue weighted by Gasteiger charge is -2.00. The first kappa shape index (κ1) is 9.92. The van der Waals surface area contributed by atoms with Crippen molar-refractivity contribution in [1.29, 1.82) is 0 Å². The van der Waals surface area contributed by atoms with Crippen molar-refractivity contribution in [3.63, 3.8) is 0 Å². The van der Waals surface area contributed by atoms with Crippen LogP contribution in [0.5, 0.6) is 0 Å². The van der Waals surface area contributed by atoms with Gasteiger partial charge < -0.3 is 10.3 Å². The predicted molar refractivity (Wildman–Crippen MR) is 51.3 cm³/mol. The van der Waals surface area contributed by atoms with Gasteiger partial charge in [-0.3, -0.25) is 0 Å². The molecular weight excluding hydrogens is 226 g/mol. The van der Waals surface area contributed by atoms with Crippen molar-refractivity contribution in [2.75, 3.05) is 5.73 Å². The molecule has 0 fully saturated rings. The minimum absolute atomic E-state index is 0.0981. The van der Waals surface area contributed by atoms with Gasteiger partial charge in [0, 0.05) is 0 Å². The van der Waals surface area contributed by atoms with Gasteiger partial charge in [0.2, 0.25) is 0 Å². The van der Waals surface area contributed by atoms with Gasteiger partial charge in [-0.05, 0) is 12.1 Å². The highest BCUT2D eigenvalue weighted by Crippen LogP contribution is 2.34. The fourth-order valence-corrected chi connectivity index (χ4v) is 1.32. The van der Waals surface area contributed by atoms with E-state index in [2.05, 4.69) is 9.68 Å². The van der Waals surface area contributed by atoms with E-state index < -0.39 is 11.6 Å². The second-order valence-electron chi connectivity index (χ2n) is 2.81. The predicted octanol–water partition coefficient (Wildman–Crippen LogP) is 2.86. The Kier molecular flexibility index (Phi) is 2.32. The van der Waals surface area contributed by atoms with Gasteiger partial charge in [-0.1, -0.05) is 22.8 Å². The van der Waals surface area contributed by atoms with E-state index in [0.29, 0.717) is 0 Å². The smallest absolute Gasteiger partial charge is 0.193 e. The Morgan fingerprint density at radius 2 is 1.87 bits per heavy atom. The number of nitrogen functional groups attached to an aromatic ring is 1. The molecular formula is C9H5ClF2N2O. The van der Waals surface area contributed by atoms with E-state index in [4.69, 9.17) is 17.3 Å². The topological polar surface area (TPSA) is 52.0 Å². The summed E-state index contributed by atoms with van der Waals surface area (Å²) in [5.74, 6) is -1.87. The number of aromatic nitrogens is 1. The molecule has 15 heavy (non-hydrogen) atoms. The fraction of sp³-hybridized carbons (Fsp3) is 0. The van der Waals surface area contributed by atoms with Crippen molar-refractivity contribution in [1.82, 2.24) is 5.16 Å². The molecule has 0 aliphatic heterocycles. The van der Waals surface area contributed by atoms with Crippen LogP contribution < -0.4 is 5.73 Å². The van der Waals surface area contributed by atoms with Crippen molar-refractivity contribution in [3.8, 4) is 11.3 Å². The number of halogens is 3. The summed E-state index contributed by atoms with van der Waals surface area (Å²) >= 11 is 5.67. The average molecular weight is 231 g/mol. The van der Waals surface area contributed by atoms with Crippen LogP contribution in [-0.4, -0.2) is 5.16 Å². The van der Waals surface area contributed by atoms with E-state index >= 15 is 0 Å². The van der Waals surface area contributed by atoms with Crippen LogP contribution >= 0.6 is 11.6 Å². The number of anilines is 1. The summed E-state index contributed by atoms with van der Waals surface area (Å²) in [5, 5.41) is 3.21. The lowest BCUT2D eigenvalue weighted by molar-refractivity contribution is 0.430. The summed E-state index contributed by atoms with van der Waals surface area (Å²) in [7, 11) is 0. The molecule has 0 unspecified atom stereocenters. The Morgan fingerprint density at radius 1 is 1.27 bits per heavy atom. The van der Waals surface area contributed by atoms with E-state index in [9.17, 15) is 8.78 Å². The summed E-state index contributed by atoms with van der Waals surface area (Å²) < 4.78 is 31.3. The summed E-state index contributed by atoms with van der Waals surface area (Å²) in [4.78, 5) is 0. The summed E-state index contributed by atoms with van der Waals surface area (Å²) in [6, 6.07) is 3.42. The lowest BCUT2D eigenvalue weighted by atomic mass is 10.1. The molecule has 0 bridgehead atoms. The number of nitrogens with zero attached hydrogens (tertiary/aromatic N) is 1. The van der Waals surface area contributed by atoms with Crippen molar-refractivity contribution in [3.05, 3.63) is 34.9 Å². The second kappa shape index (κ2) is 3.51. The number of rotatable bonds is 1. The Bertz CT molecular complexity index is 493. The van der Waals surface area contributed by atoms with E-state index in [1.807, 2.05) is 0 Å². The van der Waals surface area contributed by atoms with Crippen LogP contribution in [0.2, 0.25) is 5.02 Å². The van der Waals surface area contributed by atoms with Gasteiger partial charge in [0.25, 0.3) is 0 Å². The van der Waals surface area contributed by atoms with Gasteiger partial charge in [0.1, 0.15) is 16.7 Å². The normalized spacial score (nSPS) is 10.6. The van der Waals surface area contributed by atoms with E-state index in [1.54, 1.807) is 0 Å². The van der Waals surface area contributed by atoms with Crippen LogP contribution in [0.3, 0.4) is 0 Å². The summed E-state index contributed by atoms with van der Waals surface area (Å²) in [5.41, 5.74) is 4.93. The number of benzene rings is 1. The van der Waals surface area contributed by atoms with Crippen LogP contribution in [0, 0.1) is 11.6 Å². The number of hydrogen-bond acceptors (Lipinski definition) is 3. The van der Waals surface area contributed by atoms with Crippen LogP contribution in [0.1, 0.15) is 0 Å². The van der Waals surface area contributed by atoms with Crippen molar-refractivity contribution in [2.45, 2.75) is 0 Å². The molecule has 0 atom stereocenters. The SMILES string of the molecule is Nc1noc(-c2c(F)cccc2F)c1Cl. The fourth-order valence-electron chi connectivity index (χ4n) is 1.16. The lowest BCUT2D eigenvalue weighted by Crippen LogP contribution is -1.89. The maximum Gasteiger partial charge on any atom is 0.193 e. The third-order valence-electron chi connectivity index (χ3n) is 1.85. The van der Waals surface area contributed by atoms with Gasteiger partial charge in [0.15, 0.2) is 11.6 Å². The Morgan fingerprint density at radius 3 is 2.33 bits per heavy atom. The third-order valence-corrected chi connectivity index (χ3v) is 2.21. The van der Waals surface area contributed by atoms with E-state index in [1.165, 1.54) is 6.07 Å². The number of hydrogen-bond donors (Lipinski definition) is 1. The van der Waals surface area contributed by atoms with E-state index in [-0.39, 0.29) is 22.2 Å². The summed E-state index contributed by atoms with van der Waals surface area (Å²) in [6.07, 6.45) is 0. The van der Waals surface area contributed by atoms with Crippen molar-refractivity contribution in [2.24, 2.45) is 0 Å². The van der Waals surface area contributed by atoms with Crippen molar-refractivity contribution < 1.29 is 13.3 Å². The molecule has 0 amide bonds. The Labute approximate surface area is 88.4 Å². The molecule has 2 rings (SSSR count). The highest BCUT2D eigenvalue weighted by Gasteiger charge is 2.20. The average Bonchev–Trinajstić information content (AvgIpc) is 2.49. The van der Waals surface area contributed by atoms with Crippen LogP contribution in [0.4, 0.5) is 14.6 Å². The molecule has 0 radical (unpaired) electrons.